The van der Waals surface area contributed by atoms with Gasteiger partial charge in [-0.2, -0.15) is 0 Å². The monoisotopic (exact) mass is 264 g/mol. The number of aromatic amines is 1. The fraction of sp³-hybridized carbons (Fsp3) is 0.308. The molecular weight excluding hydrogens is 248 g/mol. The Labute approximate surface area is 110 Å². The van der Waals surface area contributed by atoms with Crippen molar-refractivity contribution >= 4 is 5.69 Å². The smallest absolute Gasteiger partial charge is 0.416 e. The molecular formula is C13H16N2O4. The maximum Gasteiger partial charge on any atom is 0.416 e. The summed E-state index contributed by atoms with van der Waals surface area (Å²) in [6.45, 7) is 2.74. The van der Waals surface area contributed by atoms with Gasteiger partial charge in [0.1, 0.15) is 11.9 Å². The van der Waals surface area contributed by atoms with Gasteiger partial charge in [0.15, 0.2) is 5.76 Å². The summed E-state index contributed by atoms with van der Waals surface area (Å²) in [6.07, 6.45) is 0.459. The number of aliphatic hydroxyl groups is 1. The Morgan fingerprint density at radius 3 is 3.05 bits per heavy atom. The molecule has 1 aromatic carbocycles. The normalized spacial score (nSPS) is 12.1. The van der Waals surface area contributed by atoms with Gasteiger partial charge in [-0.15, -0.1) is 0 Å². The second-order valence-electron chi connectivity index (χ2n) is 3.94. The van der Waals surface area contributed by atoms with Crippen LogP contribution >= 0.6 is 0 Å². The fourth-order valence-electron chi connectivity index (χ4n) is 1.64. The van der Waals surface area contributed by atoms with Gasteiger partial charge in [-0.1, -0.05) is 6.07 Å². The average Bonchev–Trinajstić information content (AvgIpc) is 2.84. The van der Waals surface area contributed by atoms with Gasteiger partial charge in [0.2, 0.25) is 0 Å². The first-order chi connectivity index (χ1) is 9.19. The minimum Gasteiger partial charge on any atom is -0.494 e. The van der Waals surface area contributed by atoms with Crippen LogP contribution < -0.4 is 15.8 Å². The Balaban J connectivity index is 1.94. The lowest BCUT2D eigenvalue weighted by Crippen LogP contribution is -2.11. The number of oxazole rings is 1. The minimum absolute atomic E-state index is 0.207. The summed E-state index contributed by atoms with van der Waals surface area (Å²) in [4.78, 5) is 13.2. The lowest BCUT2D eigenvalue weighted by molar-refractivity contribution is 0.160. The fourth-order valence-corrected chi connectivity index (χ4v) is 1.64. The van der Waals surface area contributed by atoms with Crippen LogP contribution in [0.2, 0.25) is 0 Å². The highest BCUT2D eigenvalue weighted by Crippen LogP contribution is 2.18. The van der Waals surface area contributed by atoms with Gasteiger partial charge in [0.05, 0.1) is 6.61 Å². The van der Waals surface area contributed by atoms with Gasteiger partial charge in [0.25, 0.3) is 0 Å². The van der Waals surface area contributed by atoms with Crippen molar-refractivity contribution in [2.75, 3.05) is 18.5 Å². The number of ether oxygens (including phenoxy) is 1. The maximum absolute atomic E-state index is 10.8. The molecule has 19 heavy (non-hydrogen) atoms. The molecule has 6 heteroatoms. The SMILES string of the molecule is CCOc1cccc(NCC(O)c2c[nH]c(=O)o2)c1. The number of H-pyrrole nitrogens is 1. The van der Waals surface area contributed by atoms with Crippen molar-refractivity contribution in [2.24, 2.45) is 0 Å². The molecule has 2 rings (SSSR count). The highest BCUT2D eigenvalue weighted by atomic mass is 16.5. The number of benzene rings is 1. The number of hydrogen-bond donors (Lipinski definition) is 3. The van der Waals surface area contributed by atoms with E-state index in [4.69, 9.17) is 9.15 Å². The van der Waals surface area contributed by atoms with Crippen LogP contribution in [0.1, 0.15) is 18.8 Å². The van der Waals surface area contributed by atoms with Gasteiger partial charge < -0.3 is 19.6 Å². The van der Waals surface area contributed by atoms with Crippen LogP contribution in [0, 0.1) is 0 Å². The Morgan fingerprint density at radius 1 is 1.53 bits per heavy atom. The second kappa shape index (κ2) is 6.10. The van der Waals surface area contributed by atoms with Crippen molar-refractivity contribution in [3.63, 3.8) is 0 Å². The quantitative estimate of drug-likeness (QED) is 0.736. The van der Waals surface area contributed by atoms with Crippen molar-refractivity contribution in [3.05, 3.63) is 46.8 Å². The molecule has 0 radical (unpaired) electrons. The largest absolute Gasteiger partial charge is 0.494 e. The van der Waals surface area contributed by atoms with E-state index in [0.717, 1.165) is 11.4 Å². The summed E-state index contributed by atoms with van der Waals surface area (Å²) in [5, 5.41) is 12.9. The van der Waals surface area contributed by atoms with Crippen molar-refractivity contribution in [1.29, 1.82) is 0 Å². The summed E-state index contributed by atoms with van der Waals surface area (Å²) in [7, 11) is 0. The first kappa shape index (κ1) is 13.2. The van der Waals surface area contributed by atoms with Crippen molar-refractivity contribution in [3.8, 4) is 5.75 Å². The molecule has 1 atom stereocenters. The Bertz CT molecular complexity index is 576. The molecule has 0 saturated carbocycles. The predicted molar refractivity (Wildman–Crippen MR) is 70.4 cm³/mol. The van der Waals surface area contributed by atoms with Gasteiger partial charge in [-0.3, -0.25) is 4.98 Å². The summed E-state index contributed by atoms with van der Waals surface area (Å²) < 4.78 is 10.1. The van der Waals surface area contributed by atoms with E-state index in [1.54, 1.807) is 0 Å². The Kier molecular flexibility index (Phi) is 4.25. The molecule has 0 fully saturated rings. The molecule has 0 spiro atoms. The van der Waals surface area contributed by atoms with E-state index in [0.29, 0.717) is 6.61 Å². The first-order valence-electron chi connectivity index (χ1n) is 6.02. The van der Waals surface area contributed by atoms with Gasteiger partial charge >= 0.3 is 5.76 Å². The van der Waals surface area contributed by atoms with Crippen molar-refractivity contribution in [2.45, 2.75) is 13.0 Å². The predicted octanol–water partition coefficient (Wildman–Crippen LogP) is 1.51. The van der Waals surface area contributed by atoms with E-state index in [2.05, 4.69) is 10.3 Å². The van der Waals surface area contributed by atoms with E-state index in [1.165, 1.54) is 6.20 Å². The molecule has 6 nitrogen and oxygen atoms in total. The van der Waals surface area contributed by atoms with Gasteiger partial charge in [-0.05, 0) is 19.1 Å². The number of rotatable bonds is 6. The third-order valence-electron chi connectivity index (χ3n) is 2.52. The minimum atomic E-state index is -0.894. The number of anilines is 1. The number of nitrogens with one attached hydrogen (secondary N) is 2. The topological polar surface area (TPSA) is 87.5 Å². The van der Waals surface area contributed by atoms with E-state index < -0.39 is 11.9 Å². The molecule has 1 heterocycles. The molecule has 0 aliphatic rings. The summed E-state index contributed by atoms with van der Waals surface area (Å²) in [5.74, 6) is 0.390. The zero-order chi connectivity index (χ0) is 13.7. The number of hydrogen-bond acceptors (Lipinski definition) is 5. The van der Waals surface area contributed by atoms with Crippen molar-refractivity contribution < 1.29 is 14.3 Å². The van der Waals surface area contributed by atoms with Crippen LogP contribution in [-0.4, -0.2) is 23.2 Å². The summed E-state index contributed by atoms with van der Waals surface area (Å²) in [5.41, 5.74) is 0.822. The third-order valence-corrected chi connectivity index (χ3v) is 2.52. The molecule has 1 unspecified atom stereocenters. The zero-order valence-corrected chi connectivity index (χ0v) is 10.6. The van der Waals surface area contributed by atoms with Crippen LogP contribution in [0.4, 0.5) is 5.69 Å². The highest BCUT2D eigenvalue weighted by molar-refractivity contribution is 5.48. The van der Waals surface area contributed by atoms with E-state index in [1.807, 2.05) is 31.2 Å². The van der Waals surface area contributed by atoms with Crippen LogP contribution in [0.5, 0.6) is 5.75 Å². The second-order valence-corrected chi connectivity index (χ2v) is 3.94. The van der Waals surface area contributed by atoms with Crippen LogP contribution in [0.25, 0.3) is 0 Å². The Morgan fingerprint density at radius 2 is 2.37 bits per heavy atom. The molecule has 3 N–H and O–H groups in total. The molecule has 0 aliphatic heterocycles. The lowest BCUT2D eigenvalue weighted by atomic mass is 10.2. The molecule has 102 valence electrons. The standard InChI is InChI=1S/C13H16N2O4/c1-2-18-10-5-3-4-9(6-10)14-7-11(16)12-8-15-13(17)19-12/h3-6,8,11,14,16H,2,7H2,1H3,(H,15,17). The van der Waals surface area contributed by atoms with E-state index in [9.17, 15) is 9.90 Å². The number of aromatic nitrogens is 1. The molecule has 2 aromatic rings. The first-order valence-corrected chi connectivity index (χ1v) is 6.02. The lowest BCUT2D eigenvalue weighted by Gasteiger charge is -2.11. The number of aliphatic hydroxyl groups excluding tert-OH is 1. The molecule has 0 bridgehead atoms. The van der Waals surface area contributed by atoms with Crippen LogP contribution in [0.15, 0.2) is 39.7 Å². The molecule has 0 saturated heterocycles. The summed E-state index contributed by atoms with van der Waals surface area (Å²) >= 11 is 0. The molecule has 0 amide bonds. The van der Waals surface area contributed by atoms with E-state index in [-0.39, 0.29) is 12.3 Å². The third kappa shape index (κ3) is 3.62. The van der Waals surface area contributed by atoms with Crippen LogP contribution in [0.3, 0.4) is 0 Å². The average molecular weight is 264 g/mol. The Hall–Kier alpha value is -2.21. The van der Waals surface area contributed by atoms with E-state index >= 15 is 0 Å². The maximum atomic E-state index is 10.8. The van der Waals surface area contributed by atoms with Crippen molar-refractivity contribution in [1.82, 2.24) is 4.98 Å². The van der Waals surface area contributed by atoms with Gasteiger partial charge in [-0.25, -0.2) is 4.79 Å². The molecule has 0 aliphatic carbocycles. The highest BCUT2D eigenvalue weighted by Gasteiger charge is 2.11. The molecule has 1 aromatic heterocycles. The zero-order valence-electron chi connectivity index (χ0n) is 10.6. The summed E-state index contributed by atoms with van der Waals surface area (Å²) in [6, 6.07) is 7.42. The van der Waals surface area contributed by atoms with Crippen LogP contribution in [-0.2, 0) is 0 Å². The van der Waals surface area contributed by atoms with Gasteiger partial charge in [0, 0.05) is 24.5 Å².